The molecule has 188 valence electrons. The number of anilines is 1. The van der Waals surface area contributed by atoms with Gasteiger partial charge < -0.3 is 33.7 Å². The molecule has 1 heterocycles. The molecule has 1 aliphatic heterocycles. The highest BCUT2D eigenvalue weighted by Gasteiger charge is 2.11. The molecule has 0 saturated carbocycles. The molecule has 2 aromatic carbocycles. The summed E-state index contributed by atoms with van der Waals surface area (Å²) in [6.45, 7) is 5.71. The van der Waals surface area contributed by atoms with Crippen LogP contribution in [0.2, 0.25) is 0 Å². The summed E-state index contributed by atoms with van der Waals surface area (Å²) in [7, 11) is 6.47. The minimum Gasteiger partial charge on any atom is -0.487 e. The number of nitrogens with zero attached hydrogens (tertiary/aromatic N) is 1. The number of rotatable bonds is 4. The van der Waals surface area contributed by atoms with Crippen LogP contribution in [-0.4, -0.2) is 87.2 Å². The standard InChI is InChI=1S/C26H39N2O6/c1-28(2,3)24-7-5-23(6-8-24)27-21-22-4-9-25-26(20-22)34-19-17-32-15-13-30-11-10-29-12-14-31-16-18-33-25/h4-9,20,27H,10-19,21H2,1-3H3/q+1. The number of ether oxygens (including phenoxy) is 6. The van der Waals surface area contributed by atoms with Crippen LogP contribution in [0.5, 0.6) is 11.5 Å². The van der Waals surface area contributed by atoms with Crippen LogP contribution in [-0.2, 0) is 25.5 Å². The number of nitrogens with one attached hydrogen (secondary N) is 1. The molecule has 3 rings (SSSR count). The number of hydrogen-bond acceptors (Lipinski definition) is 7. The Morgan fingerprint density at radius 1 is 0.618 bits per heavy atom. The summed E-state index contributed by atoms with van der Waals surface area (Å²) >= 11 is 0. The summed E-state index contributed by atoms with van der Waals surface area (Å²) < 4.78 is 34.8. The minimum absolute atomic E-state index is 0.430. The Morgan fingerprint density at radius 2 is 1.12 bits per heavy atom. The van der Waals surface area contributed by atoms with E-state index in [-0.39, 0.29) is 0 Å². The summed E-state index contributed by atoms with van der Waals surface area (Å²) in [5.74, 6) is 1.39. The fourth-order valence-electron chi connectivity index (χ4n) is 3.31. The van der Waals surface area contributed by atoms with Gasteiger partial charge in [0.1, 0.15) is 18.9 Å². The summed E-state index contributed by atoms with van der Waals surface area (Å²) in [6.07, 6.45) is 0. The van der Waals surface area contributed by atoms with Crippen LogP contribution in [0.25, 0.3) is 0 Å². The van der Waals surface area contributed by atoms with Gasteiger partial charge in [0.05, 0.1) is 74.0 Å². The number of hydrogen-bond donors (Lipinski definition) is 1. The molecule has 0 aliphatic carbocycles. The third-order valence-corrected chi connectivity index (χ3v) is 5.23. The average Bonchev–Trinajstić information content (AvgIpc) is 2.82. The maximum Gasteiger partial charge on any atom is 0.161 e. The first-order chi connectivity index (χ1) is 16.5. The molecule has 0 unspecified atom stereocenters. The second-order valence-electron chi connectivity index (χ2n) is 8.84. The molecule has 34 heavy (non-hydrogen) atoms. The quantitative estimate of drug-likeness (QED) is 0.681. The monoisotopic (exact) mass is 475 g/mol. The largest absolute Gasteiger partial charge is 0.487 e. The van der Waals surface area contributed by atoms with Crippen molar-refractivity contribution in [1.82, 2.24) is 4.48 Å². The van der Waals surface area contributed by atoms with Gasteiger partial charge in [-0.3, -0.25) is 4.48 Å². The van der Waals surface area contributed by atoms with Gasteiger partial charge in [0.2, 0.25) is 0 Å². The first-order valence-electron chi connectivity index (χ1n) is 11.9. The van der Waals surface area contributed by atoms with Crippen LogP contribution in [0, 0.1) is 0 Å². The molecule has 0 atom stereocenters. The van der Waals surface area contributed by atoms with Gasteiger partial charge in [-0.1, -0.05) is 6.07 Å². The van der Waals surface area contributed by atoms with Crippen molar-refractivity contribution in [1.29, 1.82) is 0 Å². The van der Waals surface area contributed by atoms with Crippen molar-refractivity contribution in [3.05, 3.63) is 48.0 Å². The van der Waals surface area contributed by atoms with Crippen LogP contribution in [0.4, 0.5) is 11.4 Å². The molecule has 0 amide bonds. The molecule has 0 aromatic heterocycles. The smallest absolute Gasteiger partial charge is 0.161 e. The lowest BCUT2D eigenvalue weighted by Crippen LogP contribution is -2.34. The lowest BCUT2D eigenvalue weighted by molar-refractivity contribution is -0.00842. The third-order valence-electron chi connectivity index (χ3n) is 5.23. The van der Waals surface area contributed by atoms with Crippen LogP contribution in [0.3, 0.4) is 0 Å². The van der Waals surface area contributed by atoms with Crippen molar-refractivity contribution < 1.29 is 28.4 Å². The van der Waals surface area contributed by atoms with Crippen LogP contribution in [0.1, 0.15) is 5.56 Å². The van der Waals surface area contributed by atoms with Gasteiger partial charge in [0.15, 0.2) is 11.5 Å². The minimum atomic E-state index is 0.430. The highest BCUT2D eigenvalue weighted by atomic mass is 16.6. The molecule has 1 N–H and O–H groups in total. The SMILES string of the molecule is C[N+](C)(C)c1ccc(NCc2ccc3c(c2)OCCOCCOCCOCCOCCO3)cc1. The Bertz CT molecular complexity index is 838. The topological polar surface area (TPSA) is 67.4 Å². The van der Waals surface area contributed by atoms with Crippen molar-refractivity contribution in [2.45, 2.75) is 6.54 Å². The molecule has 0 saturated heterocycles. The second-order valence-corrected chi connectivity index (χ2v) is 8.84. The van der Waals surface area contributed by atoms with E-state index in [0.717, 1.165) is 15.7 Å². The van der Waals surface area contributed by atoms with Gasteiger partial charge >= 0.3 is 0 Å². The van der Waals surface area contributed by atoms with E-state index in [1.807, 2.05) is 18.2 Å². The van der Waals surface area contributed by atoms with Gasteiger partial charge in [-0.15, -0.1) is 0 Å². The normalized spacial score (nSPS) is 17.4. The Kier molecular flexibility index (Phi) is 10.9. The number of fused-ring (bicyclic) bond motifs is 1. The first kappa shape index (κ1) is 26.2. The van der Waals surface area contributed by atoms with Gasteiger partial charge in [-0.05, 0) is 29.8 Å². The number of quaternary nitrogens is 1. The van der Waals surface area contributed by atoms with Crippen molar-refractivity contribution >= 4 is 11.4 Å². The highest BCUT2D eigenvalue weighted by molar-refractivity contribution is 5.53. The second kappa shape index (κ2) is 14.1. The van der Waals surface area contributed by atoms with Gasteiger partial charge in [0, 0.05) is 24.4 Å². The van der Waals surface area contributed by atoms with Crippen LogP contribution < -0.4 is 19.3 Å². The Labute approximate surface area is 203 Å². The molecular weight excluding hydrogens is 436 g/mol. The van der Waals surface area contributed by atoms with E-state index >= 15 is 0 Å². The fourth-order valence-corrected chi connectivity index (χ4v) is 3.31. The molecule has 0 spiro atoms. The zero-order valence-corrected chi connectivity index (χ0v) is 20.7. The molecule has 1 aliphatic rings. The Morgan fingerprint density at radius 3 is 1.65 bits per heavy atom. The fraction of sp³-hybridized carbons (Fsp3) is 0.538. The molecular formula is C26H39N2O6+. The lowest BCUT2D eigenvalue weighted by Gasteiger charge is -2.23. The predicted molar refractivity (Wildman–Crippen MR) is 134 cm³/mol. The molecule has 2 aromatic rings. The molecule has 8 nitrogen and oxygen atoms in total. The first-order valence-corrected chi connectivity index (χ1v) is 11.9. The van der Waals surface area contributed by atoms with E-state index in [2.05, 4.69) is 50.7 Å². The molecule has 0 radical (unpaired) electrons. The summed E-state index contributed by atoms with van der Waals surface area (Å²) in [4.78, 5) is 0. The van der Waals surface area contributed by atoms with Crippen LogP contribution in [0.15, 0.2) is 42.5 Å². The zero-order valence-electron chi connectivity index (χ0n) is 20.7. The Hall–Kier alpha value is -2.36. The maximum atomic E-state index is 6.00. The summed E-state index contributed by atoms with van der Waals surface area (Å²) in [5, 5.41) is 3.48. The lowest BCUT2D eigenvalue weighted by atomic mass is 10.2. The maximum absolute atomic E-state index is 6.00. The van der Waals surface area contributed by atoms with Crippen molar-refractivity contribution in [2.75, 3.05) is 92.5 Å². The van der Waals surface area contributed by atoms with E-state index in [9.17, 15) is 0 Å². The van der Waals surface area contributed by atoms with E-state index in [1.165, 1.54) is 5.69 Å². The summed E-state index contributed by atoms with van der Waals surface area (Å²) in [5.41, 5.74) is 3.43. The third kappa shape index (κ3) is 9.48. The predicted octanol–water partition coefficient (Wildman–Crippen LogP) is 3.33. The zero-order chi connectivity index (χ0) is 24.1. The average molecular weight is 476 g/mol. The van der Waals surface area contributed by atoms with Gasteiger partial charge in [-0.2, -0.15) is 0 Å². The van der Waals surface area contributed by atoms with Crippen molar-refractivity contribution in [3.8, 4) is 11.5 Å². The van der Waals surface area contributed by atoms with E-state index in [4.69, 9.17) is 28.4 Å². The van der Waals surface area contributed by atoms with Crippen LogP contribution >= 0.6 is 0 Å². The van der Waals surface area contributed by atoms with E-state index < -0.39 is 0 Å². The highest BCUT2D eigenvalue weighted by Crippen LogP contribution is 2.29. The number of benzene rings is 2. The molecule has 0 bridgehead atoms. The van der Waals surface area contributed by atoms with Gasteiger partial charge in [-0.25, -0.2) is 0 Å². The molecule has 8 heteroatoms. The van der Waals surface area contributed by atoms with E-state index in [0.29, 0.717) is 84.1 Å². The summed E-state index contributed by atoms with van der Waals surface area (Å²) in [6, 6.07) is 14.5. The van der Waals surface area contributed by atoms with Crippen molar-refractivity contribution in [2.24, 2.45) is 0 Å². The molecule has 0 fully saturated rings. The van der Waals surface area contributed by atoms with Gasteiger partial charge in [0.25, 0.3) is 0 Å². The van der Waals surface area contributed by atoms with Crippen molar-refractivity contribution in [3.63, 3.8) is 0 Å². The Balaban J connectivity index is 1.58. The van der Waals surface area contributed by atoms with E-state index in [1.54, 1.807) is 0 Å².